The molecule has 1 atom stereocenters. The van der Waals surface area contributed by atoms with Crippen molar-refractivity contribution in [2.24, 2.45) is 0 Å². The van der Waals surface area contributed by atoms with Gasteiger partial charge in [0.2, 0.25) is 0 Å². The summed E-state index contributed by atoms with van der Waals surface area (Å²) in [6.45, 7) is 6.22. The van der Waals surface area contributed by atoms with E-state index in [1.54, 1.807) is 0 Å². The van der Waals surface area contributed by atoms with Crippen LogP contribution in [0.15, 0.2) is 0 Å². The van der Waals surface area contributed by atoms with Gasteiger partial charge in [0, 0.05) is 12.1 Å². The summed E-state index contributed by atoms with van der Waals surface area (Å²) in [4.78, 5) is 2.75. The maximum absolute atomic E-state index is 3.44. The van der Waals surface area contributed by atoms with E-state index in [1.807, 2.05) is 0 Å². The molecular formula is C11H22N2. The van der Waals surface area contributed by atoms with Crippen LogP contribution in [0.3, 0.4) is 0 Å². The van der Waals surface area contributed by atoms with Gasteiger partial charge in [-0.2, -0.15) is 0 Å². The lowest BCUT2D eigenvalue weighted by atomic mass is 9.97. The second-order valence-electron chi connectivity index (χ2n) is 4.56. The minimum Gasteiger partial charge on any atom is -0.317 e. The van der Waals surface area contributed by atoms with E-state index in [2.05, 4.69) is 17.1 Å². The van der Waals surface area contributed by atoms with E-state index >= 15 is 0 Å². The van der Waals surface area contributed by atoms with Crippen LogP contribution in [-0.4, -0.2) is 36.6 Å². The van der Waals surface area contributed by atoms with Gasteiger partial charge in [0.1, 0.15) is 0 Å². The topological polar surface area (TPSA) is 15.3 Å². The lowest BCUT2D eigenvalue weighted by Gasteiger charge is -2.41. The van der Waals surface area contributed by atoms with Crippen LogP contribution in [0.5, 0.6) is 0 Å². The van der Waals surface area contributed by atoms with E-state index in [0.29, 0.717) is 0 Å². The number of nitrogens with one attached hydrogen (secondary N) is 1. The van der Waals surface area contributed by atoms with E-state index in [4.69, 9.17) is 0 Å². The molecule has 2 fully saturated rings. The Morgan fingerprint density at radius 2 is 1.85 bits per heavy atom. The minimum absolute atomic E-state index is 0.844. The standard InChI is InChI=1S/C11H22N2/c1-10-4-2-3-9-13(10)11-5-7-12-8-6-11/h10-12H,2-9H2,1H3/t10-/m1/s1. The monoisotopic (exact) mass is 182 g/mol. The third-order valence-corrected chi connectivity index (χ3v) is 3.63. The number of likely N-dealkylation sites (tertiary alicyclic amines) is 1. The third-order valence-electron chi connectivity index (χ3n) is 3.63. The highest BCUT2D eigenvalue weighted by atomic mass is 15.2. The number of rotatable bonds is 1. The van der Waals surface area contributed by atoms with Crippen molar-refractivity contribution < 1.29 is 0 Å². The molecule has 0 aromatic rings. The average Bonchev–Trinajstić information content (AvgIpc) is 2.20. The molecule has 2 aliphatic rings. The van der Waals surface area contributed by atoms with Crippen LogP contribution in [0.2, 0.25) is 0 Å². The fourth-order valence-electron chi connectivity index (χ4n) is 2.80. The van der Waals surface area contributed by atoms with Gasteiger partial charge in [-0.25, -0.2) is 0 Å². The molecule has 76 valence electrons. The van der Waals surface area contributed by atoms with E-state index in [1.165, 1.54) is 51.7 Å². The molecule has 0 spiro atoms. The van der Waals surface area contributed by atoms with Gasteiger partial charge in [0.25, 0.3) is 0 Å². The number of piperidine rings is 2. The Morgan fingerprint density at radius 1 is 1.08 bits per heavy atom. The van der Waals surface area contributed by atoms with Crippen molar-refractivity contribution in [1.82, 2.24) is 10.2 Å². The van der Waals surface area contributed by atoms with Crippen molar-refractivity contribution in [1.29, 1.82) is 0 Å². The molecule has 2 rings (SSSR count). The van der Waals surface area contributed by atoms with Gasteiger partial charge in [-0.05, 0) is 52.2 Å². The van der Waals surface area contributed by atoms with Gasteiger partial charge < -0.3 is 5.32 Å². The Hall–Kier alpha value is -0.0800. The summed E-state index contributed by atoms with van der Waals surface area (Å²) in [5.74, 6) is 0. The first-order valence-corrected chi connectivity index (χ1v) is 5.84. The quantitative estimate of drug-likeness (QED) is 0.663. The van der Waals surface area contributed by atoms with Crippen LogP contribution in [0, 0.1) is 0 Å². The molecule has 0 radical (unpaired) electrons. The van der Waals surface area contributed by atoms with Crippen molar-refractivity contribution in [3.63, 3.8) is 0 Å². The zero-order chi connectivity index (χ0) is 9.10. The summed E-state index contributed by atoms with van der Waals surface area (Å²) >= 11 is 0. The maximum atomic E-state index is 3.44. The van der Waals surface area contributed by atoms with Crippen LogP contribution in [0.4, 0.5) is 0 Å². The highest BCUT2D eigenvalue weighted by Gasteiger charge is 2.26. The molecule has 0 unspecified atom stereocenters. The predicted octanol–water partition coefficient (Wildman–Crippen LogP) is 1.61. The molecule has 0 aromatic carbocycles. The Labute approximate surface area is 81.7 Å². The van der Waals surface area contributed by atoms with Crippen molar-refractivity contribution in [3.05, 3.63) is 0 Å². The molecule has 0 aromatic heterocycles. The highest BCUT2D eigenvalue weighted by Crippen LogP contribution is 2.22. The van der Waals surface area contributed by atoms with E-state index in [9.17, 15) is 0 Å². The average molecular weight is 182 g/mol. The smallest absolute Gasteiger partial charge is 0.0122 e. The molecule has 0 aliphatic carbocycles. The molecule has 2 saturated heterocycles. The molecule has 2 nitrogen and oxygen atoms in total. The molecule has 13 heavy (non-hydrogen) atoms. The third kappa shape index (κ3) is 2.23. The second-order valence-corrected chi connectivity index (χ2v) is 4.56. The number of hydrogen-bond donors (Lipinski definition) is 1. The van der Waals surface area contributed by atoms with Crippen molar-refractivity contribution in [2.45, 2.75) is 51.1 Å². The number of nitrogens with zero attached hydrogens (tertiary/aromatic N) is 1. The molecule has 1 N–H and O–H groups in total. The summed E-state index contributed by atoms with van der Waals surface area (Å²) < 4.78 is 0. The molecular weight excluding hydrogens is 160 g/mol. The van der Waals surface area contributed by atoms with Gasteiger partial charge >= 0.3 is 0 Å². The highest BCUT2D eigenvalue weighted by molar-refractivity contribution is 4.83. The van der Waals surface area contributed by atoms with Crippen LogP contribution in [-0.2, 0) is 0 Å². The summed E-state index contributed by atoms with van der Waals surface area (Å²) in [6.07, 6.45) is 7.02. The van der Waals surface area contributed by atoms with Crippen LogP contribution >= 0.6 is 0 Å². The first kappa shape index (κ1) is 9.47. The summed E-state index contributed by atoms with van der Waals surface area (Å²) in [7, 11) is 0. The zero-order valence-electron chi connectivity index (χ0n) is 8.76. The molecule has 2 aliphatic heterocycles. The van der Waals surface area contributed by atoms with Gasteiger partial charge in [-0.3, -0.25) is 4.90 Å². The fourth-order valence-corrected chi connectivity index (χ4v) is 2.80. The lowest BCUT2D eigenvalue weighted by molar-refractivity contribution is 0.0859. The first-order chi connectivity index (χ1) is 6.38. The van der Waals surface area contributed by atoms with Gasteiger partial charge in [0.15, 0.2) is 0 Å². The molecule has 0 saturated carbocycles. The van der Waals surface area contributed by atoms with E-state index in [0.717, 1.165) is 12.1 Å². The van der Waals surface area contributed by atoms with E-state index in [-0.39, 0.29) is 0 Å². The van der Waals surface area contributed by atoms with Gasteiger partial charge in [-0.1, -0.05) is 6.42 Å². The molecule has 0 bridgehead atoms. The SMILES string of the molecule is C[C@@H]1CCCCN1C1CCNCC1. The van der Waals surface area contributed by atoms with Gasteiger partial charge in [0.05, 0.1) is 0 Å². The van der Waals surface area contributed by atoms with Crippen LogP contribution < -0.4 is 5.32 Å². The fraction of sp³-hybridized carbons (Fsp3) is 1.00. The van der Waals surface area contributed by atoms with Crippen LogP contribution in [0.25, 0.3) is 0 Å². The molecule has 0 amide bonds. The van der Waals surface area contributed by atoms with Crippen molar-refractivity contribution in [2.75, 3.05) is 19.6 Å². The zero-order valence-corrected chi connectivity index (χ0v) is 8.76. The Morgan fingerprint density at radius 3 is 2.54 bits per heavy atom. The normalized spacial score (nSPS) is 33.5. The molecule has 2 heterocycles. The van der Waals surface area contributed by atoms with Crippen molar-refractivity contribution >= 4 is 0 Å². The predicted molar refractivity (Wildman–Crippen MR) is 55.9 cm³/mol. The summed E-state index contributed by atoms with van der Waals surface area (Å²) in [5.41, 5.74) is 0. The summed E-state index contributed by atoms with van der Waals surface area (Å²) in [6, 6.07) is 1.73. The largest absolute Gasteiger partial charge is 0.317 e. The second kappa shape index (κ2) is 4.43. The van der Waals surface area contributed by atoms with Crippen molar-refractivity contribution in [3.8, 4) is 0 Å². The lowest BCUT2D eigenvalue weighted by Crippen LogP contribution is -2.49. The maximum Gasteiger partial charge on any atom is 0.0122 e. The Balaban J connectivity index is 1.88. The Bertz CT molecular complexity index is 152. The summed E-state index contributed by atoms with van der Waals surface area (Å²) in [5, 5.41) is 3.44. The number of hydrogen-bond acceptors (Lipinski definition) is 2. The first-order valence-electron chi connectivity index (χ1n) is 5.84. The minimum atomic E-state index is 0.844. The molecule has 2 heteroatoms. The van der Waals surface area contributed by atoms with E-state index < -0.39 is 0 Å². The van der Waals surface area contributed by atoms with Gasteiger partial charge in [-0.15, -0.1) is 0 Å². The van der Waals surface area contributed by atoms with Crippen LogP contribution in [0.1, 0.15) is 39.0 Å². The Kier molecular flexibility index (Phi) is 3.23.